The van der Waals surface area contributed by atoms with Crippen LogP contribution in [-0.4, -0.2) is 35.9 Å². The van der Waals surface area contributed by atoms with Gasteiger partial charge < -0.3 is 14.6 Å². The van der Waals surface area contributed by atoms with Crippen LogP contribution in [0.4, 0.5) is 0 Å². The number of esters is 2. The fraction of sp³-hybridized carbons (Fsp3) is 0.474. The normalized spacial score (nSPS) is 31.9. The molecule has 0 unspecified atom stereocenters. The van der Waals surface area contributed by atoms with E-state index in [-0.39, 0.29) is 6.61 Å². The molecule has 1 saturated heterocycles. The van der Waals surface area contributed by atoms with E-state index in [1.54, 1.807) is 13.0 Å². The van der Waals surface area contributed by atoms with Gasteiger partial charge in [-0.05, 0) is 38.3 Å². The number of allylic oxidation sites excluding steroid dienone is 1. The molecule has 0 aromatic heterocycles. The summed E-state index contributed by atoms with van der Waals surface area (Å²) in [7, 11) is 0. The van der Waals surface area contributed by atoms with Crippen molar-refractivity contribution in [1.29, 1.82) is 0 Å². The Labute approximate surface area is 142 Å². The lowest BCUT2D eigenvalue weighted by atomic mass is 9.85. The van der Waals surface area contributed by atoms with E-state index in [1.807, 2.05) is 6.92 Å². The number of hydrogen-bond acceptors (Lipinski definition) is 5. The molecule has 130 valence electrons. The number of hydrogen-bond donors (Lipinski definition) is 1. The highest BCUT2D eigenvalue weighted by Gasteiger charge is 2.44. The number of aliphatic hydroxyl groups is 1. The largest absolute Gasteiger partial charge is 0.458 e. The molecule has 1 aliphatic heterocycles. The van der Waals surface area contributed by atoms with Crippen LogP contribution in [-0.2, 0) is 19.1 Å². The van der Waals surface area contributed by atoms with Crippen molar-refractivity contribution in [2.45, 2.75) is 45.3 Å². The number of carbonyl (C=O) groups excluding carboxylic acids is 2. The fourth-order valence-corrected chi connectivity index (χ4v) is 3.01. The van der Waals surface area contributed by atoms with Crippen LogP contribution < -0.4 is 0 Å². The summed E-state index contributed by atoms with van der Waals surface area (Å²) >= 11 is 0. The molecule has 2 rings (SSSR count). The summed E-state index contributed by atoms with van der Waals surface area (Å²) in [5.74, 6) is -1.46. The first-order valence-corrected chi connectivity index (χ1v) is 8.05. The predicted octanol–water partition coefficient (Wildman–Crippen LogP) is 2.62. The standard InChI is InChI=1S/C19H24O5/c1-11(2)18(21)23-15-8-12(3)6-5-7-14(10-20)9-16-17(15)13(4)19(22)24-16/h6,9,15-17,20H,1,4-5,7-8,10H2,2-3H3/b12-6+,14-9+/t15-,16+,17-/m1/s1. The molecule has 0 radical (unpaired) electrons. The minimum atomic E-state index is -0.582. The van der Waals surface area contributed by atoms with E-state index >= 15 is 0 Å². The zero-order valence-corrected chi connectivity index (χ0v) is 14.2. The van der Waals surface area contributed by atoms with Crippen LogP contribution in [0.3, 0.4) is 0 Å². The number of aliphatic hydroxyl groups excluding tert-OH is 1. The summed E-state index contributed by atoms with van der Waals surface area (Å²) < 4.78 is 11.0. The third-order valence-electron chi connectivity index (χ3n) is 4.35. The van der Waals surface area contributed by atoms with Crippen molar-refractivity contribution in [2.75, 3.05) is 6.61 Å². The summed E-state index contributed by atoms with van der Waals surface area (Å²) in [4.78, 5) is 24.0. The Hall–Kier alpha value is -2.14. The zero-order valence-electron chi connectivity index (χ0n) is 14.2. The topological polar surface area (TPSA) is 72.8 Å². The highest BCUT2D eigenvalue weighted by atomic mass is 16.6. The second-order valence-corrected chi connectivity index (χ2v) is 6.42. The molecule has 5 nitrogen and oxygen atoms in total. The van der Waals surface area contributed by atoms with Crippen molar-refractivity contribution in [1.82, 2.24) is 0 Å². The number of fused-ring (bicyclic) bond motifs is 1. The number of rotatable bonds is 3. The van der Waals surface area contributed by atoms with Crippen molar-refractivity contribution >= 4 is 11.9 Å². The molecule has 0 saturated carbocycles. The maximum Gasteiger partial charge on any atom is 0.334 e. The Balaban J connectivity index is 2.41. The van der Waals surface area contributed by atoms with Crippen molar-refractivity contribution in [2.24, 2.45) is 5.92 Å². The van der Waals surface area contributed by atoms with Gasteiger partial charge in [0, 0.05) is 17.6 Å². The Morgan fingerprint density at radius 3 is 2.83 bits per heavy atom. The SMILES string of the molecule is C=C(C)C(=O)O[C@@H]1C/C(C)=C/CC/C(CO)=C\[C@@H]2OC(=O)C(=C)[C@@H]21. The van der Waals surface area contributed by atoms with Crippen LogP contribution in [0.1, 0.15) is 33.1 Å². The van der Waals surface area contributed by atoms with Crippen LogP contribution in [0.5, 0.6) is 0 Å². The molecular formula is C19H24O5. The van der Waals surface area contributed by atoms with Gasteiger partial charge in [-0.2, -0.15) is 0 Å². The van der Waals surface area contributed by atoms with Crippen molar-refractivity contribution in [3.8, 4) is 0 Å². The third-order valence-corrected chi connectivity index (χ3v) is 4.35. The molecule has 1 aliphatic carbocycles. The Morgan fingerprint density at radius 2 is 2.21 bits per heavy atom. The Kier molecular flexibility index (Phi) is 5.78. The van der Waals surface area contributed by atoms with Gasteiger partial charge in [0.05, 0.1) is 12.5 Å². The summed E-state index contributed by atoms with van der Waals surface area (Å²) in [6.45, 7) is 10.9. The van der Waals surface area contributed by atoms with Gasteiger partial charge in [-0.1, -0.05) is 24.8 Å². The molecule has 0 bridgehead atoms. The molecule has 1 N–H and O–H groups in total. The van der Waals surface area contributed by atoms with Crippen LogP contribution >= 0.6 is 0 Å². The molecule has 0 spiro atoms. The number of carbonyl (C=O) groups is 2. The average Bonchev–Trinajstić information content (AvgIpc) is 2.79. The second-order valence-electron chi connectivity index (χ2n) is 6.42. The molecule has 3 atom stereocenters. The van der Waals surface area contributed by atoms with Crippen LogP contribution in [0.25, 0.3) is 0 Å². The molecule has 5 heteroatoms. The first-order chi connectivity index (χ1) is 11.3. The van der Waals surface area contributed by atoms with E-state index in [0.29, 0.717) is 24.0 Å². The summed E-state index contributed by atoms with van der Waals surface area (Å²) in [6, 6.07) is 0. The van der Waals surface area contributed by atoms with Gasteiger partial charge in [-0.15, -0.1) is 0 Å². The van der Waals surface area contributed by atoms with E-state index in [9.17, 15) is 14.7 Å². The molecule has 2 aliphatic rings. The minimum absolute atomic E-state index is 0.101. The Morgan fingerprint density at radius 1 is 1.50 bits per heavy atom. The van der Waals surface area contributed by atoms with Gasteiger partial charge in [-0.3, -0.25) is 0 Å². The second kappa shape index (κ2) is 7.62. The average molecular weight is 332 g/mol. The van der Waals surface area contributed by atoms with Gasteiger partial charge in [-0.25, -0.2) is 9.59 Å². The smallest absolute Gasteiger partial charge is 0.334 e. The minimum Gasteiger partial charge on any atom is -0.458 e. The molecule has 1 heterocycles. The van der Waals surface area contributed by atoms with Gasteiger partial charge in [0.1, 0.15) is 12.2 Å². The van der Waals surface area contributed by atoms with Gasteiger partial charge >= 0.3 is 11.9 Å². The fourth-order valence-electron chi connectivity index (χ4n) is 3.01. The molecule has 1 fully saturated rings. The maximum absolute atomic E-state index is 12.0. The molecule has 0 amide bonds. The lowest BCUT2D eigenvalue weighted by molar-refractivity contribution is -0.147. The van der Waals surface area contributed by atoms with Crippen LogP contribution in [0, 0.1) is 5.92 Å². The van der Waals surface area contributed by atoms with Gasteiger partial charge in [0.15, 0.2) is 0 Å². The zero-order chi connectivity index (χ0) is 17.9. The van der Waals surface area contributed by atoms with Crippen LogP contribution in [0.15, 0.2) is 47.6 Å². The third kappa shape index (κ3) is 4.03. The van der Waals surface area contributed by atoms with E-state index in [2.05, 4.69) is 19.2 Å². The quantitative estimate of drug-likeness (QED) is 0.489. The predicted molar refractivity (Wildman–Crippen MR) is 90.0 cm³/mol. The van der Waals surface area contributed by atoms with Gasteiger partial charge in [0.2, 0.25) is 0 Å². The van der Waals surface area contributed by atoms with Gasteiger partial charge in [0.25, 0.3) is 0 Å². The first-order valence-electron chi connectivity index (χ1n) is 8.05. The van der Waals surface area contributed by atoms with E-state index in [1.165, 1.54) is 0 Å². The molecule has 0 aromatic rings. The summed E-state index contributed by atoms with van der Waals surface area (Å²) in [5.41, 5.74) is 2.44. The summed E-state index contributed by atoms with van der Waals surface area (Å²) in [6.07, 6.45) is 4.63. The van der Waals surface area contributed by atoms with Crippen molar-refractivity contribution in [3.05, 3.63) is 47.6 Å². The van der Waals surface area contributed by atoms with E-state index in [4.69, 9.17) is 9.47 Å². The van der Waals surface area contributed by atoms with E-state index in [0.717, 1.165) is 17.6 Å². The van der Waals surface area contributed by atoms with Crippen molar-refractivity contribution in [3.63, 3.8) is 0 Å². The molecular weight excluding hydrogens is 308 g/mol. The molecule has 0 aromatic carbocycles. The highest BCUT2D eigenvalue weighted by Crippen LogP contribution is 2.36. The first kappa shape index (κ1) is 18.2. The summed E-state index contributed by atoms with van der Waals surface area (Å²) in [5, 5.41) is 9.52. The van der Waals surface area contributed by atoms with Crippen molar-refractivity contribution < 1.29 is 24.2 Å². The van der Waals surface area contributed by atoms with E-state index < -0.39 is 30.1 Å². The maximum atomic E-state index is 12.0. The lowest BCUT2D eigenvalue weighted by Gasteiger charge is -2.27. The molecule has 24 heavy (non-hydrogen) atoms. The highest BCUT2D eigenvalue weighted by molar-refractivity contribution is 5.91. The monoisotopic (exact) mass is 332 g/mol. The lowest BCUT2D eigenvalue weighted by Crippen LogP contribution is -2.33. The number of ether oxygens (including phenoxy) is 2. The van der Waals surface area contributed by atoms with Crippen LogP contribution in [0.2, 0.25) is 0 Å². The Bertz CT molecular complexity index is 626.